The van der Waals surface area contributed by atoms with Crippen LogP contribution in [-0.2, 0) is 20.3 Å². The van der Waals surface area contributed by atoms with Crippen LogP contribution in [0.3, 0.4) is 0 Å². The summed E-state index contributed by atoms with van der Waals surface area (Å²) in [5.74, 6) is 0.523. The third-order valence-corrected chi connectivity index (χ3v) is 5.03. The first-order valence-corrected chi connectivity index (χ1v) is 9.68. The smallest absolute Gasteiger partial charge is 0.232 e. The van der Waals surface area contributed by atoms with Crippen LogP contribution in [0.25, 0.3) is 0 Å². The molecule has 1 aromatic rings. The van der Waals surface area contributed by atoms with Crippen molar-refractivity contribution in [1.82, 2.24) is 4.90 Å². The molecule has 0 aliphatic carbocycles. The fraction of sp³-hybridized carbons (Fsp3) is 0.533. The molecule has 122 valence electrons. The van der Waals surface area contributed by atoms with Crippen molar-refractivity contribution >= 4 is 25.6 Å². The lowest BCUT2D eigenvalue weighted by Gasteiger charge is -2.16. The van der Waals surface area contributed by atoms with E-state index in [4.69, 9.17) is 15.4 Å². The molecule has 1 aliphatic heterocycles. The average Bonchev–Trinajstić information content (AvgIpc) is 2.77. The summed E-state index contributed by atoms with van der Waals surface area (Å²) in [6.07, 6.45) is 1.99. The summed E-state index contributed by atoms with van der Waals surface area (Å²) in [7, 11) is 3.34. The second-order valence-electron chi connectivity index (χ2n) is 5.57. The van der Waals surface area contributed by atoms with Crippen molar-refractivity contribution in [2.75, 3.05) is 26.0 Å². The van der Waals surface area contributed by atoms with E-state index in [1.807, 2.05) is 24.3 Å². The van der Waals surface area contributed by atoms with Crippen LogP contribution < -0.4 is 4.74 Å². The minimum absolute atomic E-state index is 0.0139. The number of hydrogen-bond donors (Lipinski definition) is 0. The summed E-state index contributed by atoms with van der Waals surface area (Å²) in [5.41, 5.74) is 1.19. The highest BCUT2D eigenvalue weighted by atomic mass is 35.7. The van der Waals surface area contributed by atoms with Crippen LogP contribution in [0.2, 0.25) is 0 Å². The van der Waals surface area contributed by atoms with Gasteiger partial charge in [-0.15, -0.1) is 0 Å². The van der Waals surface area contributed by atoms with Crippen LogP contribution in [0.4, 0.5) is 0 Å². The molecule has 0 saturated carbocycles. The summed E-state index contributed by atoms with van der Waals surface area (Å²) >= 11 is 0. The molecule has 1 fully saturated rings. The molecule has 1 amide bonds. The lowest BCUT2D eigenvalue weighted by Crippen LogP contribution is -2.27. The summed E-state index contributed by atoms with van der Waals surface area (Å²) < 4.78 is 27.3. The predicted molar refractivity (Wildman–Crippen MR) is 85.6 cm³/mol. The van der Waals surface area contributed by atoms with E-state index in [0.29, 0.717) is 13.1 Å². The quantitative estimate of drug-likeness (QED) is 0.709. The fourth-order valence-corrected chi connectivity index (χ4v) is 4.05. The minimum Gasteiger partial charge on any atom is -0.497 e. The molecule has 0 aromatic heterocycles. The van der Waals surface area contributed by atoms with Crippen LogP contribution in [0.15, 0.2) is 24.3 Å². The third-order valence-electron chi connectivity index (χ3n) is 3.78. The van der Waals surface area contributed by atoms with E-state index in [1.165, 1.54) is 5.56 Å². The number of carbonyl (C=O) groups excluding carboxylic acids is 1. The van der Waals surface area contributed by atoms with Gasteiger partial charge in [0.25, 0.3) is 0 Å². The van der Waals surface area contributed by atoms with Gasteiger partial charge in [0.1, 0.15) is 5.75 Å². The first-order chi connectivity index (χ1) is 10.4. The third kappa shape index (κ3) is 5.18. The minimum atomic E-state index is -3.54. The van der Waals surface area contributed by atoms with Crippen molar-refractivity contribution in [2.45, 2.75) is 19.3 Å². The highest BCUT2D eigenvalue weighted by Gasteiger charge is 2.31. The number of benzene rings is 1. The normalized spacial score (nSPS) is 18.7. The zero-order chi connectivity index (χ0) is 16.2. The van der Waals surface area contributed by atoms with Gasteiger partial charge in [0.15, 0.2) is 0 Å². The highest BCUT2D eigenvalue weighted by Crippen LogP contribution is 2.21. The SMILES string of the molecule is COc1ccc(CCCN2CC(CS(=O)(=O)Cl)CC2=O)cc1. The maximum Gasteiger partial charge on any atom is 0.232 e. The number of nitrogens with zero attached hydrogens (tertiary/aromatic N) is 1. The largest absolute Gasteiger partial charge is 0.497 e. The van der Waals surface area contributed by atoms with E-state index in [2.05, 4.69) is 0 Å². The van der Waals surface area contributed by atoms with Crippen LogP contribution in [0, 0.1) is 5.92 Å². The van der Waals surface area contributed by atoms with Gasteiger partial charge in [-0.2, -0.15) is 0 Å². The Bertz CT molecular complexity index is 615. The summed E-state index contributed by atoms with van der Waals surface area (Å²) in [6, 6.07) is 7.84. The summed E-state index contributed by atoms with van der Waals surface area (Å²) in [4.78, 5) is 13.6. The fourth-order valence-electron chi connectivity index (χ4n) is 2.73. The van der Waals surface area contributed by atoms with Crippen LogP contribution in [-0.4, -0.2) is 45.2 Å². The predicted octanol–water partition coefficient (Wildman–Crippen LogP) is 2.04. The van der Waals surface area contributed by atoms with Crippen LogP contribution in [0.1, 0.15) is 18.4 Å². The van der Waals surface area contributed by atoms with Crippen molar-refractivity contribution in [3.63, 3.8) is 0 Å². The molecule has 1 saturated heterocycles. The molecule has 22 heavy (non-hydrogen) atoms. The second-order valence-corrected chi connectivity index (χ2v) is 8.39. The van der Waals surface area contributed by atoms with Crippen molar-refractivity contribution in [3.05, 3.63) is 29.8 Å². The van der Waals surface area contributed by atoms with E-state index >= 15 is 0 Å². The number of halogens is 1. The van der Waals surface area contributed by atoms with Gasteiger partial charge >= 0.3 is 0 Å². The number of likely N-dealkylation sites (tertiary alicyclic amines) is 1. The van der Waals surface area contributed by atoms with Crippen molar-refractivity contribution in [1.29, 1.82) is 0 Å². The van der Waals surface area contributed by atoms with Gasteiger partial charge in [-0.05, 0) is 30.5 Å². The van der Waals surface area contributed by atoms with Gasteiger partial charge in [0, 0.05) is 36.1 Å². The number of carbonyl (C=O) groups is 1. The van der Waals surface area contributed by atoms with Gasteiger partial charge < -0.3 is 9.64 Å². The second kappa shape index (κ2) is 7.33. The molecule has 1 aromatic carbocycles. The molecule has 1 aliphatic rings. The number of ether oxygens (including phenoxy) is 1. The average molecular weight is 346 g/mol. The molecule has 1 atom stereocenters. The zero-order valence-corrected chi connectivity index (χ0v) is 14.1. The first-order valence-electron chi connectivity index (χ1n) is 7.20. The Kier molecular flexibility index (Phi) is 5.69. The topological polar surface area (TPSA) is 63.7 Å². The molecule has 1 heterocycles. The summed E-state index contributed by atoms with van der Waals surface area (Å²) in [5, 5.41) is 0. The van der Waals surface area contributed by atoms with E-state index < -0.39 is 9.05 Å². The Morgan fingerprint density at radius 1 is 1.32 bits per heavy atom. The molecule has 7 heteroatoms. The maximum absolute atomic E-state index is 11.9. The Balaban J connectivity index is 1.78. The molecule has 1 unspecified atom stereocenters. The first kappa shape index (κ1) is 17.1. The van der Waals surface area contributed by atoms with Gasteiger partial charge in [-0.1, -0.05) is 12.1 Å². The number of amides is 1. The van der Waals surface area contributed by atoms with Gasteiger partial charge in [0.2, 0.25) is 15.0 Å². The maximum atomic E-state index is 11.9. The zero-order valence-electron chi connectivity index (χ0n) is 12.5. The van der Waals surface area contributed by atoms with Crippen LogP contribution >= 0.6 is 10.7 Å². The number of aryl methyl sites for hydroxylation is 1. The van der Waals surface area contributed by atoms with E-state index in [1.54, 1.807) is 12.0 Å². The lowest BCUT2D eigenvalue weighted by molar-refractivity contribution is -0.127. The molecule has 0 bridgehead atoms. The van der Waals surface area contributed by atoms with E-state index in [-0.39, 0.29) is 24.0 Å². The molecule has 5 nitrogen and oxygen atoms in total. The Morgan fingerprint density at radius 3 is 2.59 bits per heavy atom. The molecular weight excluding hydrogens is 326 g/mol. The molecule has 0 radical (unpaired) electrons. The van der Waals surface area contributed by atoms with E-state index in [0.717, 1.165) is 18.6 Å². The summed E-state index contributed by atoms with van der Waals surface area (Å²) in [6.45, 7) is 1.12. The van der Waals surface area contributed by atoms with Crippen LogP contribution in [0.5, 0.6) is 5.75 Å². The Hall–Kier alpha value is -1.27. The Labute approximate surface area is 135 Å². The van der Waals surface area contributed by atoms with Crippen molar-refractivity contribution in [2.24, 2.45) is 5.92 Å². The molecule has 0 N–H and O–H groups in total. The van der Waals surface area contributed by atoms with Gasteiger partial charge in [-0.25, -0.2) is 8.42 Å². The van der Waals surface area contributed by atoms with Gasteiger partial charge in [-0.3, -0.25) is 4.79 Å². The monoisotopic (exact) mass is 345 g/mol. The standard InChI is InChI=1S/C15H20ClNO4S/c1-21-14-6-4-12(5-7-14)3-2-8-17-10-13(9-15(17)18)11-22(16,19)20/h4-7,13H,2-3,8-11H2,1H3. The lowest BCUT2D eigenvalue weighted by atomic mass is 10.1. The highest BCUT2D eigenvalue weighted by molar-refractivity contribution is 8.13. The number of hydrogen-bond acceptors (Lipinski definition) is 4. The van der Waals surface area contributed by atoms with Crippen molar-refractivity contribution < 1.29 is 17.9 Å². The molecule has 0 spiro atoms. The molecule has 2 rings (SSSR count). The van der Waals surface area contributed by atoms with E-state index in [9.17, 15) is 13.2 Å². The van der Waals surface area contributed by atoms with Crippen molar-refractivity contribution in [3.8, 4) is 5.75 Å². The Morgan fingerprint density at radius 2 is 2.00 bits per heavy atom. The molecular formula is C15H20ClNO4S. The number of methoxy groups -OCH3 is 1. The number of rotatable bonds is 7. The van der Waals surface area contributed by atoms with Gasteiger partial charge in [0.05, 0.1) is 12.9 Å².